The van der Waals surface area contributed by atoms with Crippen LogP contribution in [0.5, 0.6) is 5.75 Å². The van der Waals surface area contributed by atoms with Gasteiger partial charge in [-0.25, -0.2) is 8.42 Å². The molecule has 4 aromatic carbocycles. The fraction of sp³-hybridized carbons (Fsp3) is 0.278. The van der Waals surface area contributed by atoms with Crippen molar-refractivity contribution in [3.63, 3.8) is 0 Å². The van der Waals surface area contributed by atoms with Crippen LogP contribution in [0.4, 0.5) is 5.69 Å². The number of carbonyl (C=O) groups excluding carboxylic acids is 2. The second-order valence-electron chi connectivity index (χ2n) is 11.2. The van der Waals surface area contributed by atoms with E-state index < -0.39 is 28.5 Å². The molecule has 0 heterocycles. The van der Waals surface area contributed by atoms with Crippen LogP contribution in [0.3, 0.4) is 0 Å². The lowest BCUT2D eigenvalue weighted by atomic mass is 10.0. The standard InChI is InChI=1S/C36H40ClN3O5S/c1-5-45-34-17-10-9-16-32(34)40(46(43,44)31-20-18-30(37)19-21-31)25-35(41)39(24-29-15-11-12-27(4)22-29)33(36(42)38-26(2)3)23-28-13-7-6-8-14-28/h6-22,26,33H,5,23-25H2,1-4H3,(H,38,42). The summed E-state index contributed by atoms with van der Waals surface area (Å²) in [6.07, 6.45) is 0.233. The van der Waals surface area contributed by atoms with Crippen molar-refractivity contribution >= 4 is 39.1 Å². The number of carbonyl (C=O) groups is 2. The van der Waals surface area contributed by atoms with Gasteiger partial charge in [0, 0.05) is 24.0 Å². The monoisotopic (exact) mass is 661 g/mol. The molecule has 0 saturated carbocycles. The molecule has 1 unspecified atom stereocenters. The Morgan fingerprint density at radius 1 is 0.870 bits per heavy atom. The SMILES string of the molecule is CCOc1ccccc1N(CC(=O)N(Cc1cccc(C)c1)C(Cc1ccccc1)C(=O)NC(C)C)S(=O)(=O)c1ccc(Cl)cc1. The molecule has 4 rings (SSSR count). The molecule has 1 N–H and O–H groups in total. The molecule has 0 aliphatic heterocycles. The van der Waals surface area contributed by atoms with E-state index in [1.54, 1.807) is 31.2 Å². The van der Waals surface area contributed by atoms with Gasteiger partial charge in [0.25, 0.3) is 10.0 Å². The van der Waals surface area contributed by atoms with E-state index in [1.807, 2.05) is 75.4 Å². The lowest BCUT2D eigenvalue weighted by Crippen LogP contribution is -2.54. The normalized spacial score (nSPS) is 12.0. The Morgan fingerprint density at radius 3 is 2.17 bits per heavy atom. The Labute approximate surface area is 277 Å². The van der Waals surface area contributed by atoms with E-state index in [0.717, 1.165) is 21.0 Å². The molecule has 1 atom stereocenters. The number of para-hydroxylation sites is 2. The van der Waals surface area contributed by atoms with Crippen LogP contribution in [-0.2, 0) is 32.6 Å². The van der Waals surface area contributed by atoms with Crippen molar-refractivity contribution in [1.82, 2.24) is 10.2 Å². The van der Waals surface area contributed by atoms with Gasteiger partial charge in [-0.3, -0.25) is 13.9 Å². The summed E-state index contributed by atoms with van der Waals surface area (Å²) in [4.78, 5) is 29.9. The van der Waals surface area contributed by atoms with Gasteiger partial charge in [0.2, 0.25) is 11.8 Å². The first-order chi connectivity index (χ1) is 22.0. The number of nitrogens with one attached hydrogen (secondary N) is 1. The highest BCUT2D eigenvalue weighted by atomic mass is 35.5. The molecule has 0 radical (unpaired) electrons. The van der Waals surface area contributed by atoms with Crippen LogP contribution in [0.2, 0.25) is 5.02 Å². The van der Waals surface area contributed by atoms with Gasteiger partial charge in [0.05, 0.1) is 17.2 Å². The van der Waals surface area contributed by atoms with Gasteiger partial charge in [0.1, 0.15) is 18.3 Å². The maximum atomic E-state index is 14.6. The van der Waals surface area contributed by atoms with E-state index in [4.69, 9.17) is 16.3 Å². The molecule has 2 amide bonds. The first-order valence-electron chi connectivity index (χ1n) is 15.2. The zero-order valence-electron chi connectivity index (χ0n) is 26.5. The minimum atomic E-state index is -4.30. The molecule has 242 valence electrons. The average molecular weight is 662 g/mol. The zero-order valence-corrected chi connectivity index (χ0v) is 28.1. The van der Waals surface area contributed by atoms with Crippen molar-refractivity contribution in [1.29, 1.82) is 0 Å². The minimum absolute atomic E-state index is 0.0420. The Hall–Kier alpha value is -4.34. The van der Waals surface area contributed by atoms with Crippen molar-refractivity contribution in [2.45, 2.75) is 57.6 Å². The van der Waals surface area contributed by atoms with Crippen LogP contribution in [0, 0.1) is 6.92 Å². The minimum Gasteiger partial charge on any atom is -0.492 e. The molecule has 10 heteroatoms. The van der Waals surface area contributed by atoms with Crippen LogP contribution in [0.25, 0.3) is 0 Å². The third-order valence-electron chi connectivity index (χ3n) is 7.25. The number of ether oxygens (including phenoxy) is 1. The number of anilines is 1. The summed E-state index contributed by atoms with van der Waals surface area (Å²) >= 11 is 6.08. The number of benzene rings is 4. The first kappa shape index (κ1) is 34.5. The van der Waals surface area contributed by atoms with Crippen molar-refractivity contribution < 1.29 is 22.7 Å². The largest absolute Gasteiger partial charge is 0.492 e. The number of halogens is 1. The fourth-order valence-corrected chi connectivity index (χ4v) is 6.68. The summed E-state index contributed by atoms with van der Waals surface area (Å²) in [5.74, 6) is -0.578. The number of hydrogen-bond acceptors (Lipinski definition) is 5. The van der Waals surface area contributed by atoms with Gasteiger partial charge in [-0.05, 0) is 75.2 Å². The van der Waals surface area contributed by atoms with Crippen LogP contribution in [0.1, 0.15) is 37.5 Å². The Balaban J connectivity index is 1.84. The summed E-state index contributed by atoms with van der Waals surface area (Å²) in [5, 5.41) is 3.35. The van der Waals surface area contributed by atoms with Gasteiger partial charge >= 0.3 is 0 Å². The highest BCUT2D eigenvalue weighted by Crippen LogP contribution is 2.33. The zero-order chi connectivity index (χ0) is 33.3. The molecule has 4 aromatic rings. The molecule has 0 saturated heterocycles. The number of nitrogens with zero attached hydrogens (tertiary/aromatic N) is 2. The molecule has 0 aliphatic carbocycles. The molecular weight excluding hydrogens is 622 g/mol. The van der Waals surface area contributed by atoms with Gasteiger partial charge in [-0.1, -0.05) is 83.9 Å². The number of sulfonamides is 1. The smallest absolute Gasteiger partial charge is 0.264 e. The number of rotatable bonds is 14. The lowest BCUT2D eigenvalue weighted by Gasteiger charge is -2.34. The fourth-order valence-electron chi connectivity index (χ4n) is 5.13. The van der Waals surface area contributed by atoms with Gasteiger partial charge in [-0.15, -0.1) is 0 Å². The van der Waals surface area contributed by atoms with E-state index >= 15 is 0 Å². The molecule has 0 fully saturated rings. The van der Waals surface area contributed by atoms with Crippen molar-refractivity contribution in [2.24, 2.45) is 0 Å². The molecule has 8 nitrogen and oxygen atoms in total. The van der Waals surface area contributed by atoms with Crippen LogP contribution in [0.15, 0.2) is 108 Å². The summed E-state index contributed by atoms with van der Waals surface area (Å²) in [6.45, 7) is 7.25. The van der Waals surface area contributed by atoms with E-state index in [1.165, 1.54) is 29.2 Å². The third-order valence-corrected chi connectivity index (χ3v) is 9.28. The quantitative estimate of drug-likeness (QED) is 0.169. The Morgan fingerprint density at radius 2 is 1.52 bits per heavy atom. The van der Waals surface area contributed by atoms with E-state index in [-0.39, 0.29) is 42.1 Å². The Kier molecular flexibility index (Phi) is 11.8. The molecule has 0 spiro atoms. The van der Waals surface area contributed by atoms with E-state index in [0.29, 0.717) is 10.8 Å². The Bertz CT molecular complexity index is 1730. The second-order valence-corrected chi connectivity index (χ2v) is 13.5. The summed E-state index contributed by atoms with van der Waals surface area (Å²) in [5.41, 5.74) is 2.87. The predicted molar refractivity (Wildman–Crippen MR) is 183 cm³/mol. The summed E-state index contributed by atoms with van der Waals surface area (Å²) in [6, 6.07) is 28.5. The predicted octanol–water partition coefficient (Wildman–Crippen LogP) is 6.41. The lowest BCUT2D eigenvalue weighted by molar-refractivity contribution is -0.140. The molecular formula is C36H40ClN3O5S. The highest BCUT2D eigenvalue weighted by molar-refractivity contribution is 7.92. The van der Waals surface area contributed by atoms with Crippen LogP contribution in [-0.4, -0.2) is 50.4 Å². The maximum Gasteiger partial charge on any atom is 0.264 e. The number of aryl methyl sites for hydroxylation is 1. The third kappa shape index (κ3) is 8.89. The van der Waals surface area contributed by atoms with Crippen molar-refractivity contribution in [3.8, 4) is 5.75 Å². The summed E-state index contributed by atoms with van der Waals surface area (Å²) in [7, 11) is -4.30. The highest BCUT2D eigenvalue weighted by Gasteiger charge is 2.35. The van der Waals surface area contributed by atoms with E-state index in [2.05, 4.69) is 5.32 Å². The first-order valence-corrected chi connectivity index (χ1v) is 17.0. The summed E-state index contributed by atoms with van der Waals surface area (Å²) < 4.78 is 35.4. The average Bonchev–Trinajstić information content (AvgIpc) is 3.02. The van der Waals surface area contributed by atoms with Gasteiger partial charge < -0.3 is 15.0 Å². The van der Waals surface area contributed by atoms with Crippen LogP contribution < -0.4 is 14.4 Å². The van der Waals surface area contributed by atoms with Gasteiger partial charge in [0.15, 0.2) is 0 Å². The maximum absolute atomic E-state index is 14.6. The second kappa shape index (κ2) is 15.8. The van der Waals surface area contributed by atoms with Crippen molar-refractivity contribution in [3.05, 3.63) is 125 Å². The van der Waals surface area contributed by atoms with Gasteiger partial charge in [-0.2, -0.15) is 0 Å². The van der Waals surface area contributed by atoms with Crippen LogP contribution >= 0.6 is 11.6 Å². The molecule has 0 aromatic heterocycles. The number of hydrogen-bond donors (Lipinski definition) is 1. The molecule has 46 heavy (non-hydrogen) atoms. The molecule has 0 aliphatic rings. The number of amides is 2. The van der Waals surface area contributed by atoms with Crippen molar-refractivity contribution in [2.75, 3.05) is 17.5 Å². The topological polar surface area (TPSA) is 96.0 Å². The molecule has 0 bridgehead atoms. The van der Waals surface area contributed by atoms with E-state index in [9.17, 15) is 18.0 Å².